The monoisotopic (exact) mass is 238 g/mol. The highest BCUT2D eigenvalue weighted by Crippen LogP contribution is 2.32. The first kappa shape index (κ1) is 14.0. The second kappa shape index (κ2) is 6.64. The van der Waals surface area contributed by atoms with Gasteiger partial charge in [-0.15, -0.1) is 6.58 Å². The normalized spacial score (nSPS) is 20.3. The van der Waals surface area contributed by atoms with Gasteiger partial charge in [-0.2, -0.15) is 0 Å². The molecule has 1 rings (SSSR count). The molecule has 4 nitrogen and oxygen atoms in total. The molecule has 0 spiro atoms. The number of hydrogen-bond acceptors (Lipinski definition) is 2. The van der Waals surface area contributed by atoms with Crippen molar-refractivity contribution >= 4 is 5.96 Å². The van der Waals surface area contributed by atoms with Gasteiger partial charge in [-0.25, -0.2) is 0 Å². The van der Waals surface area contributed by atoms with Gasteiger partial charge in [0.25, 0.3) is 0 Å². The first-order valence-electron chi connectivity index (χ1n) is 6.43. The summed E-state index contributed by atoms with van der Waals surface area (Å²) in [6.07, 6.45) is 8.17. The van der Waals surface area contributed by atoms with Gasteiger partial charge >= 0.3 is 0 Å². The minimum absolute atomic E-state index is 0.207. The highest BCUT2D eigenvalue weighted by Gasteiger charge is 2.33. The average molecular weight is 238 g/mol. The molecule has 0 saturated heterocycles. The van der Waals surface area contributed by atoms with Crippen molar-refractivity contribution in [2.75, 3.05) is 27.2 Å². The van der Waals surface area contributed by atoms with E-state index in [2.05, 4.69) is 35.9 Å². The van der Waals surface area contributed by atoms with E-state index < -0.39 is 0 Å². The van der Waals surface area contributed by atoms with E-state index in [-0.39, 0.29) is 5.54 Å². The molecule has 0 amide bonds. The molecule has 0 radical (unpaired) electrons. The van der Waals surface area contributed by atoms with Crippen LogP contribution in [-0.2, 0) is 0 Å². The lowest BCUT2D eigenvalue weighted by Gasteiger charge is -2.42. The molecule has 0 aromatic carbocycles. The molecule has 0 bridgehead atoms. The Kier molecular flexibility index (Phi) is 5.48. The Labute approximate surface area is 105 Å². The quantitative estimate of drug-likeness (QED) is 0.432. The molecular formula is C13H26N4. The molecule has 17 heavy (non-hydrogen) atoms. The molecule has 0 heterocycles. The third-order valence-corrected chi connectivity index (χ3v) is 3.70. The van der Waals surface area contributed by atoms with Crippen molar-refractivity contribution in [3.8, 4) is 0 Å². The van der Waals surface area contributed by atoms with E-state index in [1.807, 2.05) is 0 Å². The van der Waals surface area contributed by atoms with Gasteiger partial charge < -0.3 is 16.0 Å². The molecule has 0 aromatic rings. The molecule has 1 aliphatic carbocycles. The highest BCUT2D eigenvalue weighted by molar-refractivity contribution is 5.77. The molecular weight excluding hydrogens is 212 g/mol. The van der Waals surface area contributed by atoms with Gasteiger partial charge in [0.15, 0.2) is 5.96 Å². The highest BCUT2D eigenvalue weighted by atomic mass is 15.2. The SMILES string of the molecule is C=CCNC(N)=NCC1(N(C)C)CCCCC1. The van der Waals surface area contributed by atoms with Crippen LogP contribution >= 0.6 is 0 Å². The molecule has 4 heteroatoms. The first-order chi connectivity index (χ1) is 8.10. The predicted molar refractivity (Wildman–Crippen MR) is 74.2 cm³/mol. The lowest BCUT2D eigenvalue weighted by atomic mass is 9.81. The maximum absolute atomic E-state index is 5.81. The molecule has 3 N–H and O–H groups in total. The molecule has 1 fully saturated rings. The van der Waals surface area contributed by atoms with Crippen LogP contribution in [0, 0.1) is 0 Å². The summed E-state index contributed by atoms with van der Waals surface area (Å²) in [5.74, 6) is 0.525. The van der Waals surface area contributed by atoms with Crippen molar-refractivity contribution in [3.63, 3.8) is 0 Å². The Morgan fingerprint density at radius 2 is 2.06 bits per heavy atom. The minimum Gasteiger partial charge on any atom is -0.370 e. The fraction of sp³-hybridized carbons (Fsp3) is 0.769. The Balaban J connectivity index is 2.57. The van der Waals surface area contributed by atoms with E-state index in [9.17, 15) is 0 Å². The molecule has 0 unspecified atom stereocenters. The number of likely N-dealkylation sites (N-methyl/N-ethyl adjacent to an activating group) is 1. The molecule has 1 saturated carbocycles. The van der Waals surface area contributed by atoms with Crippen LogP contribution in [0.5, 0.6) is 0 Å². The summed E-state index contributed by atoms with van der Waals surface area (Å²) in [4.78, 5) is 6.79. The van der Waals surface area contributed by atoms with E-state index in [0.717, 1.165) is 6.54 Å². The average Bonchev–Trinajstić information content (AvgIpc) is 2.34. The van der Waals surface area contributed by atoms with Crippen LogP contribution in [0.3, 0.4) is 0 Å². The van der Waals surface area contributed by atoms with Crippen molar-refractivity contribution in [2.45, 2.75) is 37.6 Å². The predicted octanol–water partition coefficient (Wildman–Crippen LogP) is 1.34. The second-order valence-electron chi connectivity index (χ2n) is 5.05. The molecule has 0 aliphatic heterocycles. The van der Waals surface area contributed by atoms with Crippen molar-refractivity contribution in [1.82, 2.24) is 10.2 Å². The number of nitrogens with one attached hydrogen (secondary N) is 1. The third kappa shape index (κ3) is 4.04. The fourth-order valence-corrected chi connectivity index (χ4v) is 2.42. The zero-order valence-electron chi connectivity index (χ0n) is 11.2. The van der Waals surface area contributed by atoms with Gasteiger partial charge in [0.1, 0.15) is 0 Å². The lowest BCUT2D eigenvalue weighted by molar-refractivity contribution is 0.109. The summed E-state index contributed by atoms with van der Waals surface area (Å²) in [6.45, 7) is 5.10. The van der Waals surface area contributed by atoms with Gasteiger partial charge in [-0.05, 0) is 26.9 Å². The minimum atomic E-state index is 0.207. The summed E-state index contributed by atoms with van der Waals surface area (Å²) >= 11 is 0. The van der Waals surface area contributed by atoms with Crippen LogP contribution in [0.2, 0.25) is 0 Å². The van der Waals surface area contributed by atoms with Crippen molar-refractivity contribution in [3.05, 3.63) is 12.7 Å². The van der Waals surface area contributed by atoms with Crippen LogP contribution in [0.4, 0.5) is 0 Å². The summed E-state index contributed by atoms with van der Waals surface area (Å²) < 4.78 is 0. The summed E-state index contributed by atoms with van der Waals surface area (Å²) in [6, 6.07) is 0. The Hall–Kier alpha value is -1.03. The maximum atomic E-state index is 5.81. The van der Waals surface area contributed by atoms with E-state index >= 15 is 0 Å². The molecule has 0 atom stereocenters. The van der Waals surface area contributed by atoms with Gasteiger partial charge in [-0.1, -0.05) is 25.3 Å². The second-order valence-corrected chi connectivity index (χ2v) is 5.05. The molecule has 98 valence electrons. The zero-order valence-corrected chi connectivity index (χ0v) is 11.2. The van der Waals surface area contributed by atoms with Gasteiger partial charge in [0.05, 0.1) is 6.54 Å². The number of aliphatic imine (C=N–C) groups is 1. The van der Waals surface area contributed by atoms with Gasteiger partial charge in [-0.3, -0.25) is 4.99 Å². The van der Waals surface area contributed by atoms with Crippen molar-refractivity contribution in [1.29, 1.82) is 0 Å². The van der Waals surface area contributed by atoms with E-state index in [0.29, 0.717) is 12.5 Å². The number of nitrogens with two attached hydrogens (primary N) is 1. The standard InChI is InChI=1S/C13H26N4/c1-4-10-15-12(14)16-11-13(17(2)3)8-6-5-7-9-13/h4H,1,5-11H2,2-3H3,(H3,14,15,16). The Morgan fingerprint density at radius 3 is 2.59 bits per heavy atom. The number of nitrogens with zero attached hydrogens (tertiary/aromatic N) is 2. The van der Waals surface area contributed by atoms with Crippen molar-refractivity contribution < 1.29 is 0 Å². The zero-order chi connectivity index (χ0) is 12.7. The fourth-order valence-electron chi connectivity index (χ4n) is 2.42. The summed E-state index contributed by atoms with van der Waals surface area (Å²) in [5, 5.41) is 3.02. The molecule has 0 aromatic heterocycles. The summed E-state index contributed by atoms with van der Waals surface area (Å²) in [7, 11) is 4.29. The lowest BCUT2D eigenvalue weighted by Crippen LogP contribution is -2.49. The van der Waals surface area contributed by atoms with Crippen LogP contribution in [0.1, 0.15) is 32.1 Å². The maximum Gasteiger partial charge on any atom is 0.188 e. The van der Waals surface area contributed by atoms with Crippen molar-refractivity contribution in [2.24, 2.45) is 10.7 Å². The van der Waals surface area contributed by atoms with Crippen LogP contribution in [0.25, 0.3) is 0 Å². The Morgan fingerprint density at radius 1 is 1.41 bits per heavy atom. The third-order valence-electron chi connectivity index (χ3n) is 3.70. The van der Waals surface area contributed by atoms with Crippen LogP contribution in [0.15, 0.2) is 17.6 Å². The van der Waals surface area contributed by atoms with Gasteiger partial charge in [0, 0.05) is 12.1 Å². The smallest absolute Gasteiger partial charge is 0.188 e. The van der Waals surface area contributed by atoms with Crippen LogP contribution < -0.4 is 11.1 Å². The van der Waals surface area contributed by atoms with Gasteiger partial charge in [0.2, 0.25) is 0 Å². The first-order valence-corrected chi connectivity index (χ1v) is 6.43. The largest absolute Gasteiger partial charge is 0.370 e. The molecule has 1 aliphatic rings. The topological polar surface area (TPSA) is 53.6 Å². The summed E-state index contributed by atoms with van der Waals surface area (Å²) in [5.41, 5.74) is 6.02. The van der Waals surface area contributed by atoms with E-state index in [1.54, 1.807) is 6.08 Å². The number of guanidine groups is 1. The van der Waals surface area contributed by atoms with Crippen LogP contribution in [-0.4, -0.2) is 43.6 Å². The number of rotatable bonds is 5. The Bertz CT molecular complexity index is 265. The number of hydrogen-bond donors (Lipinski definition) is 2. The van der Waals surface area contributed by atoms with E-state index in [1.165, 1.54) is 32.1 Å². The van der Waals surface area contributed by atoms with E-state index in [4.69, 9.17) is 5.73 Å².